The molecule has 0 heterocycles. The van der Waals surface area contributed by atoms with Crippen LogP contribution in [-0.2, 0) is 25.0 Å². The van der Waals surface area contributed by atoms with E-state index < -0.39 is 30.6 Å². The Hall–Kier alpha value is -0.510. The molecule has 0 radical (unpaired) electrons. The van der Waals surface area contributed by atoms with Gasteiger partial charge in [-0.3, -0.25) is 13.9 Å². The summed E-state index contributed by atoms with van der Waals surface area (Å²) in [6.45, 7) is 0.644. The molecule has 0 aliphatic carbocycles. The summed E-state index contributed by atoms with van der Waals surface area (Å²) in [5, 5.41) is -4.13. The average molecular weight is 218 g/mol. The first-order valence-corrected chi connectivity index (χ1v) is 5.49. The largest absolute Gasteiger partial charge is 0.330 e. The first-order valence-electron chi connectivity index (χ1n) is 2.54. The maximum absolute atomic E-state index is 10.4. The van der Waals surface area contributed by atoms with E-state index in [1.807, 2.05) is 0 Å². The molecule has 72 valence electrons. The van der Waals surface area contributed by atoms with E-state index >= 15 is 0 Å². The zero-order valence-corrected chi connectivity index (χ0v) is 7.46. The minimum absolute atomic E-state index is 0.644. The van der Waals surface area contributed by atoms with Crippen molar-refractivity contribution >= 4 is 25.4 Å². The van der Waals surface area contributed by atoms with Crippen molar-refractivity contribution in [3.8, 4) is 0 Å². The molecule has 1 unspecified atom stereocenters. The molecule has 12 heavy (non-hydrogen) atoms. The van der Waals surface area contributed by atoms with E-state index in [2.05, 4.69) is 0 Å². The Morgan fingerprint density at radius 3 is 1.58 bits per heavy atom. The van der Waals surface area contributed by atoms with Crippen molar-refractivity contribution < 1.29 is 30.7 Å². The van der Waals surface area contributed by atoms with Gasteiger partial charge < -0.3 is 0 Å². The molecule has 0 saturated heterocycles. The topological polar surface area (TPSA) is 126 Å². The number of hydrogen-bond acceptors (Lipinski definition) is 5. The summed E-state index contributed by atoms with van der Waals surface area (Å²) < 4.78 is 56.7. The Kier molecular flexibility index (Phi) is 2.96. The van der Waals surface area contributed by atoms with Crippen molar-refractivity contribution in [3.05, 3.63) is 0 Å². The monoisotopic (exact) mass is 218 g/mol. The highest BCUT2D eigenvalue weighted by Gasteiger charge is 2.34. The summed E-state index contributed by atoms with van der Waals surface area (Å²) in [5.41, 5.74) is 0. The van der Waals surface area contributed by atoms with Gasteiger partial charge in [0.15, 0.2) is 5.25 Å². The first kappa shape index (κ1) is 11.5. The Morgan fingerprint density at radius 1 is 1.17 bits per heavy atom. The number of carbonyl (C=O) groups is 1. The predicted molar refractivity (Wildman–Crippen MR) is 37.6 cm³/mol. The van der Waals surface area contributed by atoms with Crippen LogP contribution in [0.5, 0.6) is 0 Å². The second-order valence-electron chi connectivity index (χ2n) is 1.95. The standard InChI is InChI=1S/C3H6O7S2/c1-2(11(5,6)7)3(4)12(8,9)10/h2H,1H3,(H,5,6,7)(H,8,9,10). The molecule has 0 aromatic heterocycles. The fraction of sp³-hybridized carbons (Fsp3) is 0.667. The fourth-order valence-corrected chi connectivity index (χ4v) is 1.72. The molecule has 1 atom stereocenters. The molecule has 0 bridgehead atoms. The highest BCUT2D eigenvalue weighted by Crippen LogP contribution is 2.02. The lowest BCUT2D eigenvalue weighted by Gasteiger charge is -2.02. The van der Waals surface area contributed by atoms with Gasteiger partial charge in [0.25, 0.3) is 15.2 Å². The van der Waals surface area contributed by atoms with E-state index in [4.69, 9.17) is 9.11 Å². The lowest BCUT2D eigenvalue weighted by Crippen LogP contribution is -2.32. The third-order valence-electron chi connectivity index (χ3n) is 1.03. The van der Waals surface area contributed by atoms with Crippen molar-refractivity contribution in [2.24, 2.45) is 0 Å². The highest BCUT2D eigenvalue weighted by atomic mass is 32.2. The average Bonchev–Trinajstić information content (AvgIpc) is 1.80. The van der Waals surface area contributed by atoms with Gasteiger partial charge in [-0.2, -0.15) is 16.8 Å². The summed E-state index contributed by atoms with van der Waals surface area (Å²) >= 11 is 0. The van der Waals surface area contributed by atoms with Crippen LogP contribution in [0.1, 0.15) is 6.92 Å². The second kappa shape index (κ2) is 3.09. The lowest BCUT2D eigenvalue weighted by atomic mass is 10.5. The third kappa shape index (κ3) is 2.85. The number of hydrogen-bond donors (Lipinski definition) is 2. The van der Waals surface area contributed by atoms with Crippen LogP contribution < -0.4 is 0 Å². The molecular formula is C3H6O7S2. The fourth-order valence-electron chi connectivity index (χ4n) is 0.331. The van der Waals surface area contributed by atoms with Gasteiger partial charge in [0.05, 0.1) is 0 Å². The molecule has 0 fully saturated rings. The molecular weight excluding hydrogens is 212 g/mol. The van der Waals surface area contributed by atoms with E-state index in [9.17, 15) is 21.6 Å². The van der Waals surface area contributed by atoms with E-state index in [1.54, 1.807) is 0 Å². The van der Waals surface area contributed by atoms with Gasteiger partial charge in [-0.25, -0.2) is 0 Å². The molecule has 0 spiro atoms. The lowest BCUT2D eigenvalue weighted by molar-refractivity contribution is -0.111. The molecule has 9 heteroatoms. The smallest absolute Gasteiger partial charge is 0.285 e. The molecule has 0 aromatic carbocycles. The first-order chi connectivity index (χ1) is 5.07. The van der Waals surface area contributed by atoms with Crippen LogP contribution >= 0.6 is 0 Å². The van der Waals surface area contributed by atoms with Gasteiger partial charge in [-0.1, -0.05) is 0 Å². The minimum Gasteiger partial charge on any atom is -0.285 e. The van der Waals surface area contributed by atoms with Gasteiger partial charge in [0.1, 0.15) is 0 Å². The zero-order chi connectivity index (χ0) is 10.2. The predicted octanol–water partition coefficient (Wildman–Crippen LogP) is -1.32. The Bertz CT molecular complexity index is 373. The summed E-state index contributed by atoms with van der Waals surface area (Å²) in [6, 6.07) is 0. The molecule has 0 rings (SSSR count). The summed E-state index contributed by atoms with van der Waals surface area (Å²) in [5.74, 6) is 0. The molecule has 2 N–H and O–H groups in total. The van der Waals surface area contributed by atoms with Crippen molar-refractivity contribution in [2.75, 3.05) is 0 Å². The van der Waals surface area contributed by atoms with Gasteiger partial charge >= 0.3 is 10.1 Å². The van der Waals surface area contributed by atoms with Crippen LogP contribution in [0.15, 0.2) is 0 Å². The van der Waals surface area contributed by atoms with E-state index in [-0.39, 0.29) is 0 Å². The SMILES string of the molecule is CC(C(=O)S(=O)(=O)O)S(=O)(=O)O. The van der Waals surface area contributed by atoms with Crippen molar-refractivity contribution in [1.82, 2.24) is 0 Å². The van der Waals surface area contributed by atoms with Gasteiger partial charge in [-0.05, 0) is 6.92 Å². The van der Waals surface area contributed by atoms with Crippen LogP contribution in [0.2, 0.25) is 0 Å². The van der Waals surface area contributed by atoms with Crippen LogP contribution in [0.3, 0.4) is 0 Å². The van der Waals surface area contributed by atoms with Crippen molar-refractivity contribution in [3.63, 3.8) is 0 Å². The molecule has 0 aliphatic heterocycles. The Balaban J connectivity index is 5.04. The van der Waals surface area contributed by atoms with Crippen molar-refractivity contribution in [2.45, 2.75) is 12.2 Å². The van der Waals surface area contributed by atoms with E-state index in [0.717, 1.165) is 0 Å². The van der Waals surface area contributed by atoms with E-state index in [1.165, 1.54) is 0 Å². The maximum Gasteiger partial charge on any atom is 0.330 e. The quantitative estimate of drug-likeness (QED) is 0.550. The maximum atomic E-state index is 10.4. The zero-order valence-electron chi connectivity index (χ0n) is 5.83. The summed E-state index contributed by atoms with van der Waals surface area (Å²) in [7, 11) is -9.84. The molecule has 0 amide bonds. The van der Waals surface area contributed by atoms with Crippen LogP contribution in [0, 0.1) is 0 Å². The van der Waals surface area contributed by atoms with Crippen LogP contribution in [0.4, 0.5) is 0 Å². The summed E-state index contributed by atoms with van der Waals surface area (Å²) in [6.07, 6.45) is 0. The van der Waals surface area contributed by atoms with Gasteiger partial charge in [-0.15, -0.1) is 0 Å². The minimum atomic E-state index is -5.06. The van der Waals surface area contributed by atoms with E-state index in [0.29, 0.717) is 6.92 Å². The second-order valence-corrected chi connectivity index (χ2v) is 5.04. The number of rotatable bonds is 2. The highest BCUT2D eigenvalue weighted by molar-refractivity contribution is 8.03. The molecule has 0 saturated carbocycles. The number of carbonyl (C=O) groups excluding carboxylic acids is 1. The van der Waals surface area contributed by atoms with Crippen LogP contribution in [-0.4, -0.2) is 36.3 Å². The van der Waals surface area contributed by atoms with Gasteiger partial charge in [0, 0.05) is 0 Å². The molecule has 0 aliphatic rings. The van der Waals surface area contributed by atoms with Crippen molar-refractivity contribution in [1.29, 1.82) is 0 Å². The Morgan fingerprint density at radius 2 is 1.50 bits per heavy atom. The summed E-state index contributed by atoms with van der Waals surface area (Å²) in [4.78, 5) is 10.4. The van der Waals surface area contributed by atoms with Crippen LogP contribution in [0.25, 0.3) is 0 Å². The Labute approximate surface area is 68.9 Å². The molecule has 7 nitrogen and oxygen atoms in total. The normalized spacial score (nSPS) is 15.6. The molecule has 0 aromatic rings. The van der Waals surface area contributed by atoms with Gasteiger partial charge in [0.2, 0.25) is 0 Å². The third-order valence-corrected chi connectivity index (χ3v) is 3.15.